The Morgan fingerprint density at radius 2 is 1.78 bits per heavy atom. The molecule has 1 fully saturated rings. The molecule has 1 heterocycles. The Kier molecular flexibility index (Phi) is 10.6. The summed E-state index contributed by atoms with van der Waals surface area (Å²) in [7, 11) is 1.73. The van der Waals surface area contributed by atoms with E-state index in [1.54, 1.807) is 7.11 Å². The first-order valence-corrected chi connectivity index (χ1v) is 8.21. The number of aliphatic imine (C=N–C) groups is 1. The molecule has 1 aliphatic rings. The number of methoxy groups -OCH3 is 1. The maximum absolute atomic E-state index is 5.44. The topological polar surface area (TPSA) is 58.1 Å². The van der Waals surface area contributed by atoms with E-state index in [0.29, 0.717) is 6.54 Å². The van der Waals surface area contributed by atoms with E-state index >= 15 is 0 Å². The maximum Gasteiger partial charge on any atom is 0.191 e. The van der Waals surface area contributed by atoms with Crippen molar-refractivity contribution in [2.45, 2.75) is 45.8 Å². The van der Waals surface area contributed by atoms with Crippen LogP contribution in [0.2, 0.25) is 0 Å². The number of nitrogens with zero attached hydrogens (tertiary/aromatic N) is 2. The molecule has 1 aliphatic heterocycles. The fraction of sp³-hybridized carbons (Fsp3) is 0.938. The fourth-order valence-electron chi connectivity index (χ4n) is 2.25. The first kappa shape index (κ1) is 22.9. The van der Waals surface area contributed by atoms with Gasteiger partial charge in [0.25, 0.3) is 0 Å². The van der Waals surface area contributed by atoms with Crippen molar-refractivity contribution in [3.63, 3.8) is 0 Å². The van der Waals surface area contributed by atoms with Gasteiger partial charge in [0, 0.05) is 38.8 Å². The van der Waals surface area contributed by atoms with Gasteiger partial charge in [-0.1, -0.05) is 0 Å². The predicted molar refractivity (Wildman–Crippen MR) is 107 cm³/mol. The molecule has 6 nitrogen and oxygen atoms in total. The summed E-state index contributed by atoms with van der Waals surface area (Å²) in [6.45, 7) is 16.6. The molecule has 0 aromatic carbocycles. The van der Waals surface area contributed by atoms with Gasteiger partial charge in [-0.2, -0.15) is 0 Å². The fourth-order valence-corrected chi connectivity index (χ4v) is 2.25. The first-order chi connectivity index (χ1) is 10.3. The van der Waals surface area contributed by atoms with Gasteiger partial charge in [-0.25, -0.2) is 0 Å². The van der Waals surface area contributed by atoms with Crippen LogP contribution in [-0.4, -0.2) is 75.0 Å². The molecule has 0 saturated carbocycles. The number of morpholine rings is 1. The Hall–Kier alpha value is -0.120. The Bertz CT molecular complexity index is 356. The highest BCUT2D eigenvalue weighted by atomic mass is 127. The van der Waals surface area contributed by atoms with Gasteiger partial charge < -0.3 is 20.1 Å². The first-order valence-electron chi connectivity index (χ1n) is 8.21. The quantitative estimate of drug-likeness (QED) is 0.357. The molecule has 1 rings (SSSR count). The predicted octanol–water partition coefficient (Wildman–Crippen LogP) is 1.70. The summed E-state index contributed by atoms with van der Waals surface area (Å²) in [6.07, 6.45) is 0. The molecule has 0 aliphatic carbocycles. The minimum absolute atomic E-state index is 0. The normalized spacial score (nSPS) is 17.6. The molecular formula is C16H35IN4O2. The number of ether oxygens (including phenoxy) is 2. The molecule has 7 heteroatoms. The summed E-state index contributed by atoms with van der Waals surface area (Å²) in [5.41, 5.74) is -0.182. The molecule has 0 amide bonds. The van der Waals surface area contributed by atoms with Crippen LogP contribution in [0.15, 0.2) is 4.99 Å². The molecule has 2 N–H and O–H groups in total. The molecule has 0 radical (unpaired) electrons. The Balaban J connectivity index is 0.00000484. The number of guanidine groups is 1. The summed E-state index contributed by atoms with van der Waals surface area (Å²) in [5, 5.41) is 6.65. The summed E-state index contributed by atoms with van der Waals surface area (Å²) in [4.78, 5) is 7.20. The zero-order chi connectivity index (χ0) is 16.6. The van der Waals surface area contributed by atoms with Crippen molar-refractivity contribution in [2.75, 3.05) is 53.0 Å². The average molecular weight is 442 g/mol. The second kappa shape index (κ2) is 10.7. The number of hydrogen-bond acceptors (Lipinski definition) is 4. The van der Waals surface area contributed by atoms with Crippen molar-refractivity contribution in [2.24, 2.45) is 4.99 Å². The van der Waals surface area contributed by atoms with E-state index in [2.05, 4.69) is 50.2 Å². The van der Waals surface area contributed by atoms with Crippen molar-refractivity contribution in [1.29, 1.82) is 0 Å². The van der Waals surface area contributed by atoms with Crippen molar-refractivity contribution in [1.82, 2.24) is 15.5 Å². The van der Waals surface area contributed by atoms with Gasteiger partial charge in [-0.3, -0.25) is 9.89 Å². The summed E-state index contributed by atoms with van der Waals surface area (Å²) >= 11 is 0. The zero-order valence-corrected chi connectivity index (χ0v) is 17.9. The van der Waals surface area contributed by atoms with E-state index in [4.69, 9.17) is 14.5 Å². The third-order valence-corrected chi connectivity index (χ3v) is 4.07. The van der Waals surface area contributed by atoms with Crippen LogP contribution in [0.1, 0.15) is 34.6 Å². The highest BCUT2D eigenvalue weighted by Crippen LogP contribution is 2.16. The summed E-state index contributed by atoms with van der Waals surface area (Å²) < 4.78 is 10.9. The van der Waals surface area contributed by atoms with Crippen LogP contribution < -0.4 is 10.6 Å². The molecule has 0 atom stereocenters. The van der Waals surface area contributed by atoms with E-state index < -0.39 is 0 Å². The van der Waals surface area contributed by atoms with Crippen LogP contribution in [0, 0.1) is 0 Å². The van der Waals surface area contributed by atoms with E-state index in [0.717, 1.165) is 45.4 Å². The zero-order valence-electron chi connectivity index (χ0n) is 15.6. The second-order valence-electron chi connectivity index (χ2n) is 6.92. The molecule has 0 unspecified atom stereocenters. The smallest absolute Gasteiger partial charge is 0.191 e. The van der Waals surface area contributed by atoms with E-state index in [1.165, 1.54) is 0 Å². The van der Waals surface area contributed by atoms with Gasteiger partial charge in [0.15, 0.2) is 5.96 Å². The van der Waals surface area contributed by atoms with Crippen LogP contribution in [0.3, 0.4) is 0 Å². The number of hydrogen-bond donors (Lipinski definition) is 2. The van der Waals surface area contributed by atoms with Gasteiger partial charge >= 0.3 is 0 Å². The second-order valence-corrected chi connectivity index (χ2v) is 6.92. The van der Waals surface area contributed by atoms with Crippen LogP contribution in [0.5, 0.6) is 0 Å². The van der Waals surface area contributed by atoms with Gasteiger partial charge in [-0.05, 0) is 34.6 Å². The van der Waals surface area contributed by atoms with E-state index in [-0.39, 0.29) is 35.1 Å². The summed E-state index contributed by atoms with van der Waals surface area (Å²) in [6, 6.07) is 0. The number of rotatable bonds is 7. The van der Waals surface area contributed by atoms with Gasteiger partial charge in [-0.15, -0.1) is 24.0 Å². The van der Waals surface area contributed by atoms with Gasteiger partial charge in [0.2, 0.25) is 0 Å². The highest BCUT2D eigenvalue weighted by molar-refractivity contribution is 14.0. The highest BCUT2D eigenvalue weighted by Gasteiger charge is 2.28. The lowest BCUT2D eigenvalue weighted by Crippen LogP contribution is -2.52. The lowest BCUT2D eigenvalue weighted by atomic mass is 10.0. The average Bonchev–Trinajstić information content (AvgIpc) is 2.51. The van der Waals surface area contributed by atoms with Crippen LogP contribution >= 0.6 is 24.0 Å². The van der Waals surface area contributed by atoms with Gasteiger partial charge in [0.05, 0.1) is 25.4 Å². The standard InChI is InChI=1S/C16H34N4O2.HI/c1-7-17-14(19-13-16(4,5)21-6)18-12-15(2,3)20-8-10-22-11-9-20;/h7-13H2,1-6H3,(H2,17,18,19);1H. The molecule has 0 aromatic heterocycles. The summed E-state index contributed by atoms with van der Waals surface area (Å²) in [5.74, 6) is 0.842. The molecule has 0 aromatic rings. The Labute approximate surface area is 158 Å². The minimum Gasteiger partial charge on any atom is -0.379 e. The molecule has 0 bridgehead atoms. The van der Waals surface area contributed by atoms with Crippen LogP contribution in [0.4, 0.5) is 0 Å². The maximum atomic E-state index is 5.44. The third kappa shape index (κ3) is 8.51. The SMILES string of the molecule is CCNC(=NCC(C)(C)N1CCOCC1)NCC(C)(C)OC.I. The lowest BCUT2D eigenvalue weighted by Gasteiger charge is -2.40. The monoisotopic (exact) mass is 442 g/mol. The number of halogens is 1. The molecular weight excluding hydrogens is 407 g/mol. The lowest BCUT2D eigenvalue weighted by molar-refractivity contribution is -0.00686. The van der Waals surface area contributed by atoms with Crippen molar-refractivity contribution in [3.8, 4) is 0 Å². The largest absolute Gasteiger partial charge is 0.379 e. The molecule has 0 spiro atoms. The number of nitrogens with one attached hydrogen (secondary N) is 2. The Morgan fingerprint density at radius 3 is 2.30 bits per heavy atom. The molecule has 1 saturated heterocycles. The van der Waals surface area contributed by atoms with Crippen LogP contribution in [0.25, 0.3) is 0 Å². The van der Waals surface area contributed by atoms with E-state index in [1.807, 2.05) is 0 Å². The third-order valence-electron chi connectivity index (χ3n) is 4.07. The van der Waals surface area contributed by atoms with Crippen molar-refractivity contribution in [3.05, 3.63) is 0 Å². The van der Waals surface area contributed by atoms with Crippen LogP contribution in [-0.2, 0) is 9.47 Å². The van der Waals surface area contributed by atoms with Crippen molar-refractivity contribution < 1.29 is 9.47 Å². The van der Waals surface area contributed by atoms with E-state index in [9.17, 15) is 0 Å². The molecule has 23 heavy (non-hydrogen) atoms. The molecule has 138 valence electrons. The van der Waals surface area contributed by atoms with Gasteiger partial charge in [0.1, 0.15) is 0 Å². The minimum atomic E-state index is -0.212. The van der Waals surface area contributed by atoms with Crippen molar-refractivity contribution >= 4 is 29.9 Å². The Morgan fingerprint density at radius 1 is 1.17 bits per heavy atom.